The molecule has 2 aromatic heterocycles. The molecular weight excluding hydrogens is 362 g/mol. The minimum atomic E-state index is -0.620. The van der Waals surface area contributed by atoms with Gasteiger partial charge >= 0.3 is 11.3 Å². The lowest BCUT2D eigenvalue weighted by molar-refractivity contribution is 0.368. The topological polar surface area (TPSA) is 103 Å². The molecule has 28 heavy (non-hydrogen) atoms. The van der Waals surface area contributed by atoms with E-state index in [2.05, 4.69) is 0 Å². The van der Waals surface area contributed by atoms with Crippen LogP contribution in [0.4, 0.5) is 0 Å². The van der Waals surface area contributed by atoms with Gasteiger partial charge in [-0.05, 0) is 24.3 Å². The summed E-state index contributed by atoms with van der Waals surface area (Å²) in [6.07, 6.45) is 0. The molecule has 0 radical (unpaired) electrons. The van der Waals surface area contributed by atoms with Crippen LogP contribution in [0.2, 0.25) is 0 Å². The standard InChI is InChI=1S/C21H13NO6/c1-25-17-4-2-3-12-9-16(21(24)28-20(12)17)15-11-19(23)27-18-10-13(26-8-7-22)5-6-14(15)18/h2-6,9-11H,8H2,1H3. The van der Waals surface area contributed by atoms with Crippen LogP contribution in [-0.4, -0.2) is 13.7 Å². The maximum atomic E-state index is 12.6. The number of ether oxygens (including phenoxy) is 2. The molecule has 0 bridgehead atoms. The molecule has 4 rings (SSSR count). The van der Waals surface area contributed by atoms with Gasteiger partial charge in [-0.3, -0.25) is 0 Å². The highest BCUT2D eigenvalue weighted by atomic mass is 16.5. The fourth-order valence-corrected chi connectivity index (χ4v) is 3.04. The van der Waals surface area contributed by atoms with Crippen LogP contribution in [0.1, 0.15) is 0 Å². The van der Waals surface area contributed by atoms with Crippen LogP contribution < -0.4 is 20.7 Å². The number of methoxy groups -OCH3 is 1. The van der Waals surface area contributed by atoms with Gasteiger partial charge in [0, 0.05) is 28.5 Å². The van der Waals surface area contributed by atoms with E-state index in [1.165, 1.54) is 19.2 Å². The Bertz CT molecular complexity index is 1360. The number of rotatable bonds is 4. The molecule has 0 aliphatic heterocycles. The Morgan fingerprint density at radius 2 is 1.89 bits per heavy atom. The van der Waals surface area contributed by atoms with Gasteiger partial charge in [-0.15, -0.1) is 0 Å². The molecule has 0 saturated carbocycles. The van der Waals surface area contributed by atoms with Crippen molar-refractivity contribution in [1.29, 1.82) is 5.26 Å². The average Bonchev–Trinajstić information content (AvgIpc) is 2.70. The molecule has 2 heterocycles. The SMILES string of the molecule is COc1cccc2cc(-c3cc(=O)oc4cc(OCC#N)ccc34)c(=O)oc12. The summed E-state index contributed by atoms with van der Waals surface area (Å²) in [4.78, 5) is 24.7. The van der Waals surface area contributed by atoms with E-state index in [0.717, 1.165) is 0 Å². The van der Waals surface area contributed by atoms with E-state index >= 15 is 0 Å². The van der Waals surface area contributed by atoms with Crippen LogP contribution in [0.25, 0.3) is 33.1 Å². The molecule has 2 aromatic carbocycles. The summed E-state index contributed by atoms with van der Waals surface area (Å²) in [5.41, 5.74) is -0.0408. The van der Waals surface area contributed by atoms with Gasteiger partial charge in [-0.2, -0.15) is 5.26 Å². The van der Waals surface area contributed by atoms with Crippen molar-refractivity contribution in [3.05, 3.63) is 69.4 Å². The van der Waals surface area contributed by atoms with Gasteiger partial charge < -0.3 is 18.3 Å². The third-order valence-electron chi connectivity index (χ3n) is 4.25. The molecule has 7 heteroatoms. The van der Waals surface area contributed by atoms with Gasteiger partial charge in [-0.1, -0.05) is 12.1 Å². The highest BCUT2D eigenvalue weighted by molar-refractivity contribution is 5.96. The summed E-state index contributed by atoms with van der Waals surface area (Å²) in [6.45, 7) is -0.133. The summed E-state index contributed by atoms with van der Waals surface area (Å²) < 4.78 is 21.2. The number of hydrogen-bond acceptors (Lipinski definition) is 7. The van der Waals surface area contributed by atoms with Crippen molar-refractivity contribution in [2.75, 3.05) is 13.7 Å². The normalized spacial score (nSPS) is 10.7. The first kappa shape index (κ1) is 17.4. The first-order chi connectivity index (χ1) is 13.6. The molecule has 0 atom stereocenters. The Kier molecular flexibility index (Phi) is 4.30. The van der Waals surface area contributed by atoms with E-state index in [9.17, 15) is 9.59 Å². The quantitative estimate of drug-likeness (QED) is 0.503. The molecule has 0 saturated heterocycles. The lowest BCUT2D eigenvalue weighted by Gasteiger charge is -2.08. The van der Waals surface area contributed by atoms with Gasteiger partial charge in [0.25, 0.3) is 0 Å². The Morgan fingerprint density at radius 1 is 1.04 bits per heavy atom. The Balaban J connectivity index is 1.96. The zero-order chi connectivity index (χ0) is 19.7. The predicted molar refractivity (Wildman–Crippen MR) is 102 cm³/mol. The van der Waals surface area contributed by atoms with Crippen LogP contribution in [0.15, 0.2) is 67.0 Å². The van der Waals surface area contributed by atoms with E-state index < -0.39 is 11.3 Å². The average molecular weight is 375 g/mol. The third-order valence-corrected chi connectivity index (χ3v) is 4.25. The molecule has 0 N–H and O–H groups in total. The molecular formula is C21H13NO6. The minimum Gasteiger partial charge on any atom is -0.493 e. The van der Waals surface area contributed by atoms with E-state index in [-0.39, 0.29) is 17.8 Å². The summed E-state index contributed by atoms with van der Waals surface area (Å²) in [7, 11) is 1.49. The number of fused-ring (bicyclic) bond motifs is 2. The number of benzene rings is 2. The van der Waals surface area contributed by atoms with Crippen molar-refractivity contribution in [1.82, 2.24) is 0 Å². The second-order valence-corrected chi connectivity index (χ2v) is 5.91. The van der Waals surface area contributed by atoms with Crippen LogP contribution in [0.3, 0.4) is 0 Å². The van der Waals surface area contributed by atoms with Crippen molar-refractivity contribution in [3.63, 3.8) is 0 Å². The number of hydrogen-bond donors (Lipinski definition) is 0. The van der Waals surface area contributed by atoms with Gasteiger partial charge in [0.1, 0.15) is 17.4 Å². The molecule has 7 nitrogen and oxygen atoms in total. The molecule has 0 fully saturated rings. The van der Waals surface area contributed by atoms with Crippen LogP contribution >= 0.6 is 0 Å². The Labute approximate surface area is 157 Å². The summed E-state index contributed by atoms with van der Waals surface area (Å²) >= 11 is 0. The van der Waals surface area contributed by atoms with E-state index in [0.29, 0.717) is 33.4 Å². The summed E-state index contributed by atoms with van der Waals surface area (Å²) in [6, 6.07) is 14.8. The smallest absolute Gasteiger partial charge is 0.344 e. The molecule has 0 aliphatic carbocycles. The molecule has 0 amide bonds. The number of nitrogens with zero attached hydrogens (tertiary/aromatic N) is 1. The van der Waals surface area contributed by atoms with Gasteiger partial charge in [-0.25, -0.2) is 9.59 Å². The van der Waals surface area contributed by atoms with Crippen LogP contribution in [0.5, 0.6) is 11.5 Å². The molecule has 0 unspecified atom stereocenters. The fraction of sp³-hybridized carbons (Fsp3) is 0.0952. The zero-order valence-corrected chi connectivity index (χ0v) is 14.7. The molecule has 138 valence electrons. The van der Waals surface area contributed by atoms with Gasteiger partial charge in [0.2, 0.25) is 0 Å². The second kappa shape index (κ2) is 6.93. The maximum Gasteiger partial charge on any atom is 0.344 e. The monoisotopic (exact) mass is 375 g/mol. The van der Waals surface area contributed by atoms with Crippen molar-refractivity contribution >= 4 is 21.9 Å². The molecule has 4 aromatic rings. The second-order valence-electron chi connectivity index (χ2n) is 5.91. The minimum absolute atomic E-state index is 0.133. The highest BCUT2D eigenvalue weighted by Crippen LogP contribution is 2.31. The predicted octanol–water partition coefficient (Wildman–Crippen LogP) is 3.48. The maximum absolute atomic E-state index is 12.6. The number of para-hydroxylation sites is 1. The summed E-state index contributed by atoms with van der Waals surface area (Å²) in [5, 5.41) is 9.83. The molecule has 0 spiro atoms. The van der Waals surface area contributed by atoms with Crippen molar-refractivity contribution in [3.8, 4) is 28.7 Å². The van der Waals surface area contributed by atoms with E-state index in [1.54, 1.807) is 36.4 Å². The summed E-state index contributed by atoms with van der Waals surface area (Å²) in [5.74, 6) is 0.822. The first-order valence-corrected chi connectivity index (χ1v) is 8.29. The fourth-order valence-electron chi connectivity index (χ4n) is 3.04. The van der Waals surface area contributed by atoms with Gasteiger partial charge in [0.05, 0.1) is 12.7 Å². The van der Waals surface area contributed by atoms with E-state index in [4.69, 9.17) is 23.6 Å². The lowest BCUT2D eigenvalue weighted by atomic mass is 10.0. The largest absolute Gasteiger partial charge is 0.493 e. The van der Waals surface area contributed by atoms with Crippen molar-refractivity contribution in [2.45, 2.75) is 0 Å². The first-order valence-electron chi connectivity index (χ1n) is 8.29. The van der Waals surface area contributed by atoms with E-state index in [1.807, 2.05) is 6.07 Å². The third kappa shape index (κ3) is 2.97. The number of nitriles is 1. The van der Waals surface area contributed by atoms with Crippen molar-refractivity contribution < 1.29 is 18.3 Å². The van der Waals surface area contributed by atoms with Crippen LogP contribution in [0, 0.1) is 11.3 Å². The highest BCUT2D eigenvalue weighted by Gasteiger charge is 2.15. The molecule has 0 aliphatic rings. The Hall–Kier alpha value is -4.05. The Morgan fingerprint density at radius 3 is 2.68 bits per heavy atom. The van der Waals surface area contributed by atoms with Crippen molar-refractivity contribution in [2.24, 2.45) is 0 Å². The van der Waals surface area contributed by atoms with Gasteiger partial charge in [0.15, 0.2) is 17.9 Å². The zero-order valence-electron chi connectivity index (χ0n) is 14.7. The van der Waals surface area contributed by atoms with Crippen LogP contribution in [-0.2, 0) is 0 Å². The lowest BCUT2D eigenvalue weighted by Crippen LogP contribution is -2.07.